The fourth-order valence-corrected chi connectivity index (χ4v) is 5.54. The van der Waals surface area contributed by atoms with Gasteiger partial charge >= 0.3 is 0 Å². The normalized spacial score (nSPS) is 16.9. The molecule has 0 bridgehead atoms. The van der Waals surface area contributed by atoms with Crippen LogP contribution in [0.3, 0.4) is 0 Å². The van der Waals surface area contributed by atoms with Crippen molar-refractivity contribution in [1.82, 2.24) is 19.2 Å². The Kier molecular flexibility index (Phi) is 6.28. The molecular weight excluding hydrogens is 468 g/mol. The van der Waals surface area contributed by atoms with Gasteiger partial charge in [0.15, 0.2) is 0 Å². The summed E-state index contributed by atoms with van der Waals surface area (Å²) in [5.41, 5.74) is 7.55. The molecule has 4 aromatic rings. The monoisotopic (exact) mass is 498 g/mol. The van der Waals surface area contributed by atoms with Gasteiger partial charge in [0.05, 0.1) is 11.4 Å². The molecule has 2 fully saturated rings. The van der Waals surface area contributed by atoms with Crippen molar-refractivity contribution in [2.24, 2.45) is 5.92 Å². The standard InChI is InChI=1S/C30H31ClN4O/c1-21-9-11-22(12-10-21)29-27(20-33-15-17-34(18-16-33)30(36)23-5-4-6-23)35-19-24(13-14-28(35)32-29)25-7-2-3-8-26(25)31/h2-3,7-14,19,23H,4-6,15-18,20H2,1H3. The Morgan fingerprint density at radius 1 is 0.944 bits per heavy atom. The van der Waals surface area contributed by atoms with Crippen molar-refractivity contribution in [3.63, 3.8) is 0 Å². The summed E-state index contributed by atoms with van der Waals surface area (Å²) >= 11 is 6.53. The number of carbonyl (C=O) groups is 1. The van der Waals surface area contributed by atoms with Crippen molar-refractivity contribution >= 4 is 23.2 Å². The van der Waals surface area contributed by atoms with Crippen LogP contribution in [0.1, 0.15) is 30.5 Å². The zero-order chi connectivity index (χ0) is 24.6. The molecule has 6 rings (SSSR count). The maximum atomic E-state index is 12.7. The summed E-state index contributed by atoms with van der Waals surface area (Å²) in [4.78, 5) is 22.3. The molecule has 0 N–H and O–H groups in total. The Balaban J connectivity index is 1.33. The molecule has 6 heteroatoms. The third-order valence-electron chi connectivity index (χ3n) is 7.74. The maximum absolute atomic E-state index is 12.7. The van der Waals surface area contributed by atoms with Crippen LogP contribution in [0.4, 0.5) is 0 Å². The molecule has 1 aliphatic carbocycles. The van der Waals surface area contributed by atoms with Crippen LogP contribution in [0.25, 0.3) is 28.0 Å². The van der Waals surface area contributed by atoms with Crippen LogP contribution in [0.5, 0.6) is 0 Å². The summed E-state index contributed by atoms with van der Waals surface area (Å²) in [6, 6.07) is 20.7. The van der Waals surface area contributed by atoms with Crippen LogP contribution in [-0.4, -0.2) is 51.3 Å². The molecule has 0 radical (unpaired) electrons. The largest absolute Gasteiger partial charge is 0.340 e. The number of hydrogen-bond donors (Lipinski definition) is 0. The quantitative estimate of drug-likeness (QED) is 0.335. The Morgan fingerprint density at radius 2 is 1.67 bits per heavy atom. The first-order valence-corrected chi connectivity index (χ1v) is 13.3. The first kappa shape index (κ1) is 23.3. The third-order valence-corrected chi connectivity index (χ3v) is 8.07. The van der Waals surface area contributed by atoms with Crippen LogP contribution in [-0.2, 0) is 11.3 Å². The van der Waals surface area contributed by atoms with Crippen molar-refractivity contribution in [2.75, 3.05) is 26.2 Å². The average molecular weight is 499 g/mol. The molecule has 0 unspecified atom stereocenters. The van der Waals surface area contributed by atoms with Crippen molar-refractivity contribution in [2.45, 2.75) is 32.7 Å². The fraction of sp³-hybridized carbons (Fsp3) is 0.333. The van der Waals surface area contributed by atoms with E-state index in [2.05, 4.69) is 69.8 Å². The second-order valence-electron chi connectivity index (χ2n) is 10.1. The Bertz CT molecular complexity index is 1400. The second-order valence-corrected chi connectivity index (χ2v) is 10.5. The van der Waals surface area contributed by atoms with E-state index >= 15 is 0 Å². The molecule has 36 heavy (non-hydrogen) atoms. The average Bonchev–Trinajstić information content (AvgIpc) is 3.21. The van der Waals surface area contributed by atoms with Crippen LogP contribution in [0, 0.1) is 12.8 Å². The summed E-state index contributed by atoms with van der Waals surface area (Å²) in [6.07, 6.45) is 5.48. The highest BCUT2D eigenvalue weighted by Gasteiger charge is 2.31. The van der Waals surface area contributed by atoms with Gasteiger partial charge in [-0.2, -0.15) is 0 Å². The summed E-state index contributed by atoms with van der Waals surface area (Å²) < 4.78 is 2.22. The number of pyridine rings is 1. The number of carbonyl (C=O) groups excluding carboxylic acids is 1. The number of benzene rings is 2. The lowest BCUT2D eigenvalue weighted by atomic mass is 9.84. The van der Waals surface area contributed by atoms with Gasteiger partial charge in [0.1, 0.15) is 5.65 Å². The number of aryl methyl sites for hydroxylation is 1. The van der Waals surface area contributed by atoms with Crippen molar-refractivity contribution in [1.29, 1.82) is 0 Å². The van der Waals surface area contributed by atoms with Crippen LogP contribution in [0.15, 0.2) is 66.9 Å². The number of piperazine rings is 1. The number of amides is 1. The summed E-state index contributed by atoms with van der Waals surface area (Å²) in [6.45, 7) is 6.25. The number of rotatable bonds is 5. The van der Waals surface area contributed by atoms with E-state index < -0.39 is 0 Å². The van der Waals surface area contributed by atoms with Crippen LogP contribution in [0.2, 0.25) is 5.02 Å². The topological polar surface area (TPSA) is 40.9 Å². The summed E-state index contributed by atoms with van der Waals surface area (Å²) in [5.74, 6) is 0.632. The number of aromatic nitrogens is 2. The molecule has 2 aromatic heterocycles. The van der Waals surface area contributed by atoms with Gasteiger partial charge in [0.2, 0.25) is 5.91 Å². The van der Waals surface area contributed by atoms with Gasteiger partial charge in [-0.05, 0) is 43.5 Å². The molecule has 3 heterocycles. The molecule has 0 atom stereocenters. The Morgan fingerprint density at radius 3 is 2.36 bits per heavy atom. The van der Waals surface area contributed by atoms with E-state index in [1.807, 2.05) is 18.2 Å². The SMILES string of the molecule is Cc1ccc(-c2nc3ccc(-c4ccccc4Cl)cn3c2CN2CCN(C(=O)C3CCC3)CC2)cc1. The molecule has 0 spiro atoms. The predicted octanol–water partition coefficient (Wildman–Crippen LogP) is 6.07. The molecule has 1 aliphatic heterocycles. The Hall–Kier alpha value is -3.15. The maximum Gasteiger partial charge on any atom is 0.225 e. The van der Waals surface area contributed by atoms with Gasteiger partial charge in [-0.1, -0.05) is 66.0 Å². The van der Waals surface area contributed by atoms with E-state index in [1.165, 1.54) is 17.7 Å². The molecule has 1 amide bonds. The minimum absolute atomic E-state index is 0.270. The van der Waals surface area contributed by atoms with Gasteiger partial charge < -0.3 is 9.30 Å². The van der Waals surface area contributed by atoms with Gasteiger partial charge in [0.25, 0.3) is 0 Å². The Labute approximate surface area is 217 Å². The number of halogens is 1. The lowest BCUT2D eigenvalue weighted by molar-refractivity contribution is -0.140. The minimum Gasteiger partial charge on any atom is -0.340 e. The molecule has 5 nitrogen and oxygen atoms in total. The summed E-state index contributed by atoms with van der Waals surface area (Å²) in [5, 5.41) is 0.740. The minimum atomic E-state index is 0.270. The lowest BCUT2D eigenvalue weighted by Gasteiger charge is -2.38. The highest BCUT2D eigenvalue weighted by Crippen LogP contribution is 2.32. The van der Waals surface area contributed by atoms with Crippen molar-refractivity contribution < 1.29 is 4.79 Å². The first-order valence-electron chi connectivity index (χ1n) is 12.9. The van der Waals surface area contributed by atoms with Gasteiger partial charge in [-0.15, -0.1) is 0 Å². The second kappa shape index (κ2) is 9.72. The van der Waals surface area contributed by atoms with E-state index in [0.717, 1.165) is 78.6 Å². The first-order chi connectivity index (χ1) is 17.6. The number of nitrogens with zero attached hydrogens (tertiary/aromatic N) is 4. The van der Waals surface area contributed by atoms with E-state index in [1.54, 1.807) is 0 Å². The molecule has 2 aromatic carbocycles. The van der Waals surface area contributed by atoms with Crippen molar-refractivity contribution in [3.8, 4) is 22.4 Å². The highest BCUT2D eigenvalue weighted by atomic mass is 35.5. The lowest BCUT2D eigenvalue weighted by Crippen LogP contribution is -2.50. The molecule has 1 saturated carbocycles. The molecular formula is C30H31ClN4O. The number of hydrogen-bond acceptors (Lipinski definition) is 3. The van der Waals surface area contributed by atoms with Crippen molar-refractivity contribution in [3.05, 3.63) is 83.1 Å². The van der Waals surface area contributed by atoms with Gasteiger partial charge in [-0.3, -0.25) is 9.69 Å². The zero-order valence-corrected chi connectivity index (χ0v) is 21.4. The van der Waals surface area contributed by atoms with Crippen LogP contribution < -0.4 is 0 Å². The van der Waals surface area contributed by atoms with E-state index in [4.69, 9.17) is 16.6 Å². The summed E-state index contributed by atoms with van der Waals surface area (Å²) in [7, 11) is 0. The van der Waals surface area contributed by atoms with Crippen LogP contribution >= 0.6 is 11.6 Å². The number of imidazole rings is 1. The fourth-order valence-electron chi connectivity index (χ4n) is 5.29. The predicted molar refractivity (Wildman–Crippen MR) is 145 cm³/mol. The molecule has 1 saturated heterocycles. The van der Waals surface area contributed by atoms with E-state index in [0.29, 0.717) is 5.91 Å². The molecule has 2 aliphatic rings. The van der Waals surface area contributed by atoms with E-state index in [-0.39, 0.29) is 5.92 Å². The van der Waals surface area contributed by atoms with Gasteiger partial charge in [0, 0.05) is 61.0 Å². The number of fused-ring (bicyclic) bond motifs is 1. The van der Waals surface area contributed by atoms with E-state index in [9.17, 15) is 4.79 Å². The highest BCUT2D eigenvalue weighted by molar-refractivity contribution is 6.33. The third kappa shape index (κ3) is 4.42. The zero-order valence-electron chi connectivity index (χ0n) is 20.7. The smallest absolute Gasteiger partial charge is 0.225 e. The van der Waals surface area contributed by atoms with Gasteiger partial charge in [-0.25, -0.2) is 4.98 Å². The molecule has 184 valence electrons.